The lowest BCUT2D eigenvalue weighted by molar-refractivity contribution is 0.707. The molecule has 2 heterocycles. The summed E-state index contributed by atoms with van der Waals surface area (Å²) in [4.78, 5) is 0. The third-order valence-corrected chi connectivity index (χ3v) is 2.93. The van der Waals surface area contributed by atoms with Crippen LogP contribution in [0.2, 0.25) is 0 Å². The van der Waals surface area contributed by atoms with Gasteiger partial charge in [-0.25, -0.2) is 0 Å². The van der Waals surface area contributed by atoms with E-state index in [9.17, 15) is 0 Å². The number of aryl methyl sites for hydroxylation is 3. The van der Waals surface area contributed by atoms with Crippen LogP contribution < -0.4 is 5.73 Å². The summed E-state index contributed by atoms with van der Waals surface area (Å²) in [5.74, 6) is 0. The molecular weight excluding hydrogens is 202 g/mol. The van der Waals surface area contributed by atoms with Gasteiger partial charge in [-0.2, -0.15) is 10.2 Å². The number of nitrogens with zero attached hydrogens (tertiary/aromatic N) is 4. The Labute approximate surface area is 94.9 Å². The summed E-state index contributed by atoms with van der Waals surface area (Å²) in [5, 5.41) is 8.70. The van der Waals surface area contributed by atoms with Crippen LogP contribution in [0, 0.1) is 13.8 Å². The van der Waals surface area contributed by atoms with Gasteiger partial charge in [-0.1, -0.05) is 0 Å². The first kappa shape index (κ1) is 10.9. The lowest BCUT2D eigenvalue weighted by atomic mass is 10.0. The fourth-order valence-electron chi connectivity index (χ4n) is 1.99. The molecule has 0 amide bonds. The second-order valence-corrected chi connectivity index (χ2v) is 4.10. The van der Waals surface area contributed by atoms with Gasteiger partial charge >= 0.3 is 0 Å². The lowest BCUT2D eigenvalue weighted by Crippen LogP contribution is -2.15. The van der Waals surface area contributed by atoms with Gasteiger partial charge in [0, 0.05) is 31.5 Å². The third-order valence-electron chi connectivity index (χ3n) is 2.93. The van der Waals surface area contributed by atoms with Gasteiger partial charge in [0.25, 0.3) is 0 Å². The van der Waals surface area contributed by atoms with Crippen LogP contribution in [0.3, 0.4) is 0 Å². The Morgan fingerprint density at radius 3 is 2.38 bits per heavy atom. The first-order valence-electron chi connectivity index (χ1n) is 5.26. The van der Waals surface area contributed by atoms with Gasteiger partial charge in [0.1, 0.15) is 0 Å². The molecule has 0 aliphatic rings. The second-order valence-electron chi connectivity index (χ2n) is 4.10. The van der Waals surface area contributed by atoms with Crippen molar-refractivity contribution in [3.05, 3.63) is 34.9 Å². The number of hydrogen-bond acceptors (Lipinski definition) is 3. The smallest absolute Gasteiger partial charge is 0.0838 e. The van der Waals surface area contributed by atoms with E-state index in [2.05, 4.69) is 10.2 Å². The molecule has 0 aromatic carbocycles. The Balaban J connectivity index is 2.44. The fourth-order valence-corrected chi connectivity index (χ4v) is 1.99. The zero-order valence-electron chi connectivity index (χ0n) is 10.1. The van der Waals surface area contributed by atoms with E-state index >= 15 is 0 Å². The maximum atomic E-state index is 6.22. The maximum Gasteiger partial charge on any atom is 0.0838 e. The van der Waals surface area contributed by atoms with E-state index in [0.29, 0.717) is 0 Å². The number of aromatic nitrogens is 4. The SMILES string of the molecule is Cc1nn(C)c(C)c1C(N)c1ccn(C)n1. The molecule has 2 aromatic heterocycles. The van der Waals surface area contributed by atoms with Crippen molar-refractivity contribution in [1.82, 2.24) is 19.6 Å². The summed E-state index contributed by atoms with van der Waals surface area (Å²) < 4.78 is 3.61. The maximum absolute atomic E-state index is 6.22. The Bertz CT molecular complexity index is 508. The van der Waals surface area contributed by atoms with Gasteiger partial charge < -0.3 is 5.73 Å². The normalized spacial score (nSPS) is 13.1. The average molecular weight is 219 g/mol. The highest BCUT2D eigenvalue weighted by atomic mass is 15.3. The summed E-state index contributed by atoms with van der Waals surface area (Å²) in [6, 6.07) is 1.74. The molecule has 2 rings (SSSR count). The minimum absolute atomic E-state index is 0.199. The Hall–Kier alpha value is -1.62. The van der Waals surface area contributed by atoms with E-state index in [4.69, 9.17) is 5.73 Å². The molecule has 86 valence electrons. The van der Waals surface area contributed by atoms with Gasteiger partial charge in [-0.05, 0) is 19.9 Å². The molecule has 16 heavy (non-hydrogen) atoms. The number of rotatable bonds is 2. The van der Waals surface area contributed by atoms with E-state index in [-0.39, 0.29) is 6.04 Å². The van der Waals surface area contributed by atoms with Crippen molar-refractivity contribution in [3.63, 3.8) is 0 Å². The first-order valence-corrected chi connectivity index (χ1v) is 5.26. The summed E-state index contributed by atoms with van der Waals surface area (Å²) in [7, 11) is 3.82. The predicted octanol–water partition coefficient (Wildman–Crippen LogP) is 0.819. The molecule has 0 saturated carbocycles. The molecular formula is C11H17N5. The molecule has 0 saturated heterocycles. The minimum atomic E-state index is -0.199. The van der Waals surface area contributed by atoms with Gasteiger partial charge in [0.15, 0.2) is 0 Å². The molecule has 0 spiro atoms. The molecule has 5 heteroatoms. The van der Waals surface area contributed by atoms with Gasteiger partial charge in [0.2, 0.25) is 0 Å². The van der Waals surface area contributed by atoms with Crippen LogP contribution >= 0.6 is 0 Å². The average Bonchev–Trinajstić information content (AvgIpc) is 2.73. The van der Waals surface area contributed by atoms with Crippen LogP contribution in [0.15, 0.2) is 12.3 Å². The van der Waals surface area contributed by atoms with E-state index < -0.39 is 0 Å². The summed E-state index contributed by atoms with van der Waals surface area (Å²) in [5.41, 5.74) is 10.2. The van der Waals surface area contributed by atoms with Crippen LogP contribution in [0.5, 0.6) is 0 Å². The van der Waals surface area contributed by atoms with E-state index in [1.165, 1.54) is 0 Å². The van der Waals surface area contributed by atoms with Crippen molar-refractivity contribution >= 4 is 0 Å². The van der Waals surface area contributed by atoms with Crippen LogP contribution in [0.1, 0.15) is 28.7 Å². The second kappa shape index (κ2) is 3.75. The largest absolute Gasteiger partial charge is 0.319 e. The third kappa shape index (κ3) is 1.63. The van der Waals surface area contributed by atoms with Gasteiger partial charge in [-0.15, -0.1) is 0 Å². The monoisotopic (exact) mass is 219 g/mol. The quantitative estimate of drug-likeness (QED) is 0.813. The highest BCUT2D eigenvalue weighted by molar-refractivity contribution is 5.33. The zero-order chi connectivity index (χ0) is 11.9. The van der Waals surface area contributed by atoms with Crippen molar-refractivity contribution in [1.29, 1.82) is 0 Å². The summed E-state index contributed by atoms with van der Waals surface area (Å²) in [6.07, 6.45) is 1.90. The Kier molecular flexibility index (Phi) is 2.55. The summed E-state index contributed by atoms with van der Waals surface area (Å²) >= 11 is 0. The molecule has 0 fully saturated rings. The molecule has 0 aliphatic carbocycles. The fraction of sp³-hybridized carbons (Fsp3) is 0.455. The lowest BCUT2D eigenvalue weighted by Gasteiger charge is -2.09. The van der Waals surface area contributed by atoms with E-state index in [1.807, 2.05) is 44.9 Å². The first-order chi connectivity index (χ1) is 7.50. The van der Waals surface area contributed by atoms with Crippen molar-refractivity contribution in [2.24, 2.45) is 19.8 Å². The van der Waals surface area contributed by atoms with E-state index in [1.54, 1.807) is 4.68 Å². The topological polar surface area (TPSA) is 61.7 Å². The molecule has 0 aliphatic heterocycles. The Morgan fingerprint density at radius 2 is 1.94 bits per heavy atom. The van der Waals surface area contributed by atoms with Gasteiger partial charge in [0.05, 0.1) is 17.4 Å². The molecule has 0 radical (unpaired) electrons. The molecule has 1 atom stereocenters. The standard InChI is InChI=1S/C11H17N5/c1-7-10(8(2)16(4)13-7)11(12)9-5-6-15(3)14-9/h5-6,11H,12H2,1-4H3. The van der Waals surface area contributed by atoms with Crippen molar-refractivity contribution in [2.75, 3.05) is 0 Å². The van der Waals surface area contributed by atoms with Crippen LogP contribution in [-0.2, 0) is 14.1 Å². The van der Waals surface area contributed by atoms with Crippen molar-refractivity contribution < 1.29 is 0 Å². The van der Waals surface area contributed by atoms with Crippen LogP contribution in [-0.4, -0.2) is 19.6 Å². The molecule has 2 N–H and O–H groups in total. The molecule has 2 aromatic rings. The highest BCUT2D eigenvalue weighted by Gasteiger charge is 2.19. The Morgan fingerprint density at radius 1 is 1.25 bits per heavy atom. The minimum Gasteiger partial charge on any atom is -0.319 e. The van der Waals surface area contributed by atoms with Crippen molar-refractivity contribution in [3.8, 4) is 0 Å². The summed E-state index contributed by atoms with van der Waals surface area (Å²) in [6.45, 7) is 4.00. The molecule has 0 bridgehead atoms. The van der Waals surface area contributed by atoms with Gasteiger partial charge in [-0.3, -0.25) is 9.36 Å². The number of hydrogen-bond donors (Lipinski definition) is 1. The number of nitrogens with two attached hydrogens (primary N) is 1. The highest BCUT2D eigenvalue weighted by Crippen LogP contribution is 2.23. The van der Waals surface area contributed by atoms with Crippen LogP contribution in [0.4, 0.5) is 0 Å². The van der Waals surface area contributed by atoms with Crippen molar-refractivity contribution in [2.45, 2.75) is 19.9 Å². The van der Waals surface area contributed by atoms with Crippen LogP contribution in [0.25, 0.3) is 0 Å². The van der Waals surface area contributed by atoms with E-state index in [0.717, 1.165) is 22.6 Å². The predicted molar refractivity (Wildman–Crippen MR) is 61.9 cm³/mol. The molecule has 5 nitrogen and oxygen atoms in total. The zero-order valence-corrected chi connectivity index (χ0v) is 10.1. The molecule has 1 unspecified atom stereocenters.